The van der Waals surface area contributed by atoms with E-state index in [1.54, 1.807) is 42.6 Å². The summed E-state index contributed by atoms with van der Waals surface area (Å²) in [7, 11) is 1.50. The van der Waals surface area contributed by atoms with Crippen molar-refractivity contribution < 1.29 is 28.0 Å². The standard InChI is InChI=1S/C27H26N4O6/c1-27(2,13-17-4-6-19(7-5-17)29-24(32)18-10-11-36-15-18)31-26(34)25(33)30-20-8-9-21(22(12-20)35-3)23-14-28-16-37-23/h4-12,14-16H,13H2,1-3H3,(H,29,32)(H,30,33)(H,31,34). The van der Waals surface area contributed by atoms with E-state index in [1.807, 2.05) is 26.0 Å². The van der Waals surface area contributed by atoms with Gasteiger partial charge in [-0.05, 0) is 56.2 Å². The van der Waals surface area contributed by atoms with Crippen LogP contribution >= 0.6 is 0 Å². The van der Waals surface area contributed by atoms with E-state index >= 15 is 0 Å². The molecule has 2 heterocycles. The smallest absolute Gasteiger partial charge is 0.313 e. The molecule has 2 aromatic heterocycles. The Bertz CT molecular complexity index is 1380. The Balaban J connectivity index is 1.33. The van der Waals surface area contributed by atoms with Gasteiger partial charge in [-0.25, -0.2) is 4.98 Å². The third-order valence-corrected chi connectivity index (χ3v) is 5.46. The van der Waals surface area contributed by atoms with Crippen LogP contribution in [0.15, 0.2) is 82.5 Å². The minimum Gasteiger partial charge on any atom is -0.496 e. The van der Waals surface area contributed by atoms with Gasteiger partial charge in [0.2, 0.25) is 0 Å². The summed E-state index contributed by atoms with van der Waals surface area (Å²) in [6.45, 7) is 3.64. The zero-order valence-corrected chi connectivity index (χ0v) is 20.5. The minimum atomic E-state index is -0.806. The van der Waals surface area contributed by atoms with Crippen molar-refractivity contribution in [3.05, 3.63) is 84.8 Å². The van der Waals surface area contributed by atoms with Crippen molar-refractivity contribution in [2.75, 3.05) is 17.7 Å². The van der Waals surface area contributed by atoms with Gasteiger partial charge in [0.1, 0.15) is 12.0 Å². The van der Waals surface area contributed by atoms with E-state index in [4.69, 9.17) is 13.6 Å². The van der Waals surface area contributed by atoms with Gasteiger partial charge in [-0.15, -0.1) is 0 Å². The highest BCUT2D eigenvalue weighted by Crippen LogP contribution is 2.32. The number of oxazole rings is 1. The molecule has 2 aromatic carbocycles. The van der Waals surface area contributed by atoms with Crippen molar-refractivity contribution in [3.8, 4) is 17.1 Å². The Hall–Kier alpha value is -4.86. The number of aromatic nitrogens is 1. The number of hydrogen-bond acceptors (Lipinski definition) is 7. The molecule has 10 heteroatoms. The van der Waals surface area contributed by atoms with E-state index in [9.17, 15) is 14.4 Å². The molecule has 4 rings (SSSR count). The van der Waals surface area contributed by atoms with Crippen LogP contribution < -0.4 is 20.7 Å². The lowest BCUT2D eigenvalue weighted by molar-refractivity contribution is -0.137. The Morgan fingerprint density at radius 2 is 1.73 bits per heavy atom. The summed E-state index contributed by atoms with van der Waals surface area (Å²) in [5.74, 6) is -0.875. The molecular formula is C27H26N4O6. The second kappa shape index (κ2) is 10.8. The number of carbonyl (C=O) groups excluding carboxylic acids is 3. The van der Waals surface area contributed by atoms with E-state index in [2.05, 4.69) is 20.9 Å². The first kappa shape index (κ1) is 25.2. The fourth-order valence-corrected chi connectivity index (χ4v) is 3.73. The molecule has 4 aromatic rings. The normalized spacial score (nSPS) is 11.0. The van der Waals surface area contributed by atoms with Gasteiger partial charge in [0.05, 0.1) is 30.7 Å². The van der Waals surface area contributed by atoms with Gasteiger partial charge in [0, 0.05) is 23.0 Å². The number of methoxy groups -OCH3 is 1. The Morgan fingerprint density at radius 3 is 2.38 bits per heavy atom. The van der Waals surface area contributed by atoms with Crippen molar-refractivity contribution in [2.24, 2.45) is 0 Å². The van der Waals surface area contributed by atoms with Gasteiger partial charge in [-0.1, -0.05) is 12.1 Å². The zero-order chi connectivity index (χ0) is 26.4. The third-order valence-electron chi connectivity index (χ3n) is 5.46. The highest BCUT2D eigenvalue weighted by Gasteiger charge is 2.25. The summed E-state index contributed by atoms with van der Waals surface area (Å²) in [5, 5.41) is 8.14. The van der Waals surface area contributed by atoms with Gasteiger partial charge in [0.15, 0.2) is 12.2 Å². The predicted octanol–water partition coefficient (Wildman–Crippen LogP) is 4.27. The molecule has 0 saturated carbocycles. The molecule has 0 bridgehead atoms. The van der Waals surface area contributed by atoms with Crippen LogP contribution in [0.2, 0.25) is 0 Å². The van der Waals surface area contributed by atoms with Crippen molar-refractivity contribution in [3.63, 3.8) is 0 Å². The Labute approximate surface area is 213 Å². The van der Waals surface area contributed by atoms with Crippen LogP contribution in [0, 0.1) is 0 Å². The lowest BCUT2D eigenvalue weighted by Gasteiger charge is -2.26. The molecule has 0 unspecified atom stereocenters. The Morgan fingerprint density at radius 1 is 0.973 bits per heavy atom. The second-order valence-electron chi connectivity index (χ2n) is 8.91. The maximum atomic E-state index is 12.6. The van der Waals surface area contributed by atoms with Gasteiger partial charge >= 0.3 is 11.8 Å². The number of rotatable bonds is 8. The molecule has 37 heavy (non-hydrogen) atoms. The van der Waals surface area contributed by atoms with Crippen LogP contribution in [0.3, 0.4) is 0 Å². The van der Waals surface area contributed by atoms with Gasteiger partial charge < -0.3 is 29.5 Å². The fourth-order valence-electron chi connectivity index (χ4n) is 3.73. The lowest BCUT2D eigenvalue weighted by Crippen LogP contribution is -2.49. The first-order valence-corrected chi connectivity index (χ1v) is 11.4. The number of nitrogens with zero attached hydrogens (tertiary/aromatic N) is 1. The molecule has 0 aliphatic heterocycles. The van der Waals surface area contributed by atoms with Gasteiger partial charge in [-0.2, -0.15) is 0 Å². The number of hydrogen-bond donors (Lipinski definition) is 3. The number of carbonyl (C=O) groups is 3. The number of ether oxygens (including phenoxy) is 1. The van der Waals surface area contributed by atoms with Crippen molar-refractivity contribution in [2.45, 2.75) is 25.8 Å². The van der Waals surface area contributed by atoms with E-state index in [0.29, 0.717) is 40.4 Å². The molecule has 190 valence electrons. The average Bonchev–Trinajstić information content (AvgIpc) is 3.59. The van der Waals surface area contributed by atoms with E-state index < -0.39 is 17.4 Å². The lowest BCUT2D eigenvalue weighted by atomic mass is 9.94. The summed E-state index contributed by atoms with van der Waals surface area (Å²) in [6, 6.07) is 13.8. The molecule has 0 atom stereocenters. The number of benzene rings is 2. The number of anilines is 2. The molecule has 0 fully saturated rings. The molecule has 0 aliphatic rings. The van der Waals surface area contributed by atoms with Crippen molar-refractivity contribution >= 4 is 29.1 Å². The quantitative estimate of drug-likeness (QED) is 0.306. The van der Waals surface area contributed by atoms with Crippen LogP contribution in [0.25, 0.3) is 11.3 Å². The van der Waals surface area contributed by atoms with E-state index in [1.165, 1.54) is 26.0 Å². The predicted molar refractivity (Wildman–Crippen MR) is 136 cm³/mol. The molecule has 0 aliphatic carbocycles. The zero-order valence-electron chi connectivity index (χ0n) is 20.5. The van der Waals surface area contributed by atoms with Crippen molar-refractivity contribution in [1.82, 2.24) is 10.3 Å². The fraction of sp³-hybridized carbons (Fsp3) is 0.185. The largest absolute Gasteiger partial charge is 0.496 e. The third kappa shape index (κ3) is 6.43. The number of amides is 3. The number of furan rings is 1. The van der Waals surface area contributed by atoms with Crippen LogP contribution in [-0.4, -0.2) is 35.4 Å². The molecular weight excluding hydrogens is 476 g/mol. The monoisotopic (exact) mass is 502 g/mol. The first-order chi connectivity index (χ1) is 17.7. The topological polar surface area (TPSA) is 136 Å². The number of nitrogens with one attached hydrogen (secondary N) is 3. The first-order valence-electron chi connectivity index (χ1n) is 11.4. The summed E-state index contributed by atoms with van der Waals surface area (Å²) < 4.78 is 15.6. The summed E-state index contributed by atoms with van der Waals surface area (Å²) in [6.07, 6.45) is 6.13. The molecule has 10 nitrogen and oxygen atoms in total. The van der Waals surface area contributed by atoms with E-state index in [-0.39, 0.29) is 5.91 Å². The molecule has 3 amide bonds. The van der Waals surface area contributed by atoms with E-state index in [0.717, 1.165) is 5.56 Å². The maximum Gasteiger partial charge on any atom is 0.313 e. The second-order valence-corrected chi connectivity index (χ2v) is 8.91. The SMILES string of the molecule is COc1cc(NC(=O)C(=O)NC(C)(C)Cc2ccc(NC(=O)c3ccoc3)cc2)ccc1-c1cnco1. The van der Waals surface area contributed by atoms with Crippen molar-refractivity contribution in [1.29, 1.82) is 0 Å². The summed E-state index contributed by atoms with van der Waals surface area (Å²) >= 11 is 0. The average molecular weight is 503 g/mol. The summed E-state index contributed by atoms with van der Waals surface area (Å²) in [5.41, 5.74) is 2.31. The Kier molecular flexibility index (Phi) is 7.38. The van der Waals surface area contributed by atoms with Crippen LogP contribution in [-0.2, 0) is 16.0 Å². The van der Waals surface area contributed by atoms with Crippen LogP contribution in [0.1, 0.15) is 29.8 Å². The molecule has 0 radical (unpaired) electrons. The molecule has 0 spiro atoms. The summed E-state index contributed by atoms with van der Waals surface area (Å²) in [4.78, 5) is 41.2. The minimum absolute atomic E-state index is 0.273. The molecule has 0 saturated heterocycles. The molecule has 3 N–H and O–H groups in total. The van der Waals surface area contributed by atoms with Gasteiger partial charge in [0.25, 0.3) is 5.91 Å². The highest BCUT2D eigenvalue weighted by molar-refractivity contribution is 6.39. The van der Waals surface area contributed by atoms with Crippen LogP contribution in [0.5, 0.6) is 5.75 Å². The van der Waals surface area contributed by atoms with Gasteiger partial charge in [-0.3, -0.25) is 14.4 Å². The maximum absolute atomic E-state index is 12.6. The van der Waals surface area contributed by atoms with Crippen LogP contribution in [0.4, 0.5) is 11.4 Å². The highest BCUT2D eigenvalue weighted by atomic mass is 16.5.